The lowest BCUT2D eigenvalue weighted by Crippen LogP contribution is -2.67. The molecule has 0 aromatic heterocycles. The van der Waals surface area contributed by atoms with Gasteiger partial charge in [0.05, 0.1) is 11.1 Å². The van der Waals surface area contributed by atoms with E-state index in [2.05, 4.69) is 46.4 Å². The molecule has 5 aliphatic carbocycles. The topological polar surface area (TPSA) is 102 Å². The molecular weight excluding hydrogens is 518 g/mol. The van der Waals surface area contributed by atoms with Crippen LogP contribution in [0.4, 0.5) is 0 Å². The third-order valence-electron chi connectivity index (χ3n) is 13.9. The number of nitrogens with zero attached hydrogens (tertiary/aromatic N) is 1. The predicted octanol–water partition coefficient (Wildman–Crippen LogP) is 7.19. The number of hydrogen-bond donors (Lipinski definition) is 1. The first-order valence-corrected chi connectivity index (χ1v) is 15.8. The first-order chi connectivity index (χ1) is 19.1. The number of ether oxygens (including phenoxy) is 1. The number of fused-ring (bicyclic) bond motifs is 7. The van der Waals surface area contributed by atoms with E-state index in [0.29, 0.717) is 18.3 Å². The van der Waals surface area contributed by atoms with Gasteiger partial charge < -0.3 is 14.7 Å². The highest BCUT2D eigenvalue weighted by Gasteiger charge is 2.72. The van der Waals surface area contributed by atoms with Crippen LogP contribution in [0.5, 0.6) is 0 Å². The molecule has 41 heavy (non-hydrogen) atoms. The van der Waals surface area contributed by atoms with Crippen LogP contribution in [0.25, 0.3) is 0 Å². The van der Waals surface area contributed by atoms with Crippen LogP contribution < -0.4 is 0 Å². The number of carbonyl (C=O) groups excluding carboxylic acids is 2. The molecule has 10 atom stereocenters. The Morgan fingerprint density at radius 3 is 2.20 bits per heavy atom. The number of esters is 1. The summed E-state index contributed by atoms with van der Waals surface area (Å²) < 4.78 is 5.67. The summed E-state index contributed by atoms with van der Waals surface area (Å²) in [6.07, 6.45) is 9.24. The monoisotopic (exact) mass is 569 g/mol. The molecule has 0 saturated heterocycles. The zero-order valence-corrected chi connectivity index (χ0v) is 26.3. The van der Waals surface area contributed by atoms with E-state index in [1.54, 1.807) is 0 Å². The Morgan fingerprint density at radius 1 is 0.878 bits per heavy atom. The second-order valence-electron chi connectivity index (χ2n) is 15.5. The quantitative estimate of drug-likeness (QED) is 0.163. The zero-order chi connectivity index (χ0) is 30.2. The number of carbonyl (C=O) groups is 3. The zero-order valence-electron chi connectivity index (χ0n) is 26.3. The highest BCUT2D eigenvalue weighted by molar-refractivity contribution is 5.91. The van der Waals surface area contributed by atoms with Gasteiger partial charge in [0.2, 0.25) is 0 Å². The van der Waals surface area contributed by atoms with E-state index in [1.165, 1.54) is 13.8 Å². The fraction of sp³-hybridized carbons (Fsp3) is 0.824. The van der Waals surface area contributed by atoms with Crippen molar-refractivity contribution in [3.8, 4) is 0 Å². The molecule has 0 aromatic carbocycles. The summed E-state index contributed by atoms with van der Waals surface area (Å²) in [4.78, 5) is 41.7. The van der Waals surface area contributed by atoms with Crippen molar-refractivity contribution in [1.29, 1.82) is 0 Å². The molecule has 0 aliphatic heterocycles. The van der Waals surface area contributed by atoms with E-state index in [1.807, 2.05) is 0 Å². The molecule has 0 bridgehead atoms. The van der Waals surface area contributed by atoms with Crippen LogP contribution in [-0.2, 0) is 24.0 Å². The van der Waals surface area contributed by atoms with Gasteiger partial charge in [0.15, 0.2) is 0 Å². The lowest BCUT2D eigenvalue weighted by molar-refractivity contribution is -0.233. The molecule has 1 N–H and O–H groups in total. The Morgan fingerprint density at radius 2 is 1.59 bits per heavy atom. The van der Waals surface area contributed by atoms with Crippen LogP contribution in [0.1, 0.15) is 113 Å². The molecule has 0 heterocycles. The summed E-state index contributed by atoms with van der Waals surface area (Å²) in [5.41, 5.74) is 0.945. The van der Waals surface area contributed by atoms with Crippen molar-refractivity contribution >= 4 is 23.6 Å². The number of aliphatic carboxylic acids is 1. The van der Waals surface area contributed by atoms with Crippen molar-refractivity contribution in [2.45, 2.75) is 113 Å². The molecular formula is C34H51NO6. The number of hydrogen-bond acceptors (Lipinski definition) is 6. The molecule has 7 nitrogen and oxygen atoms in total. The minimum atomic E-state index is -0.617. The van der Waals surface area contributed by atoms with Crippen molar-refractivity contribution in [2.75, 3.05) is 6.61 Å². The fourth-order valence-electron chi connectivity index (χ4n) is 11.9. The fourth-order valence-corrected chi connectivity index (χ4v) is 11.9. The predicted molar refractivity (Wildman–Crippen MR) is 157 cm³/mol. The van der Waals surface area contributed by atoms with Gasteiger partial charge in [-0.3, -0.25) is 9.59 Å². The minimum Gasteiger partial charge on any atom is -0.481 e. The lowest BCUT2D eigenvalue weighted by Gasteiger charge is -2.72. The summed E-state index contributed by atoms with van der Waals surface area (Å²) in [5, 5.41) is 14.9. The molecule has 5 rings (SSSR count). The minimum absolute atomic E-state index is 0.00408. The highest BCUT2D eigenvalue weighted by atomic mass is 16.7. The smallest absolute Gasteiger partial charge is 0.331 e. The summed E-state index contributed by atoms with van der Waals surface area (Å²) in [5.74, 6) is 0.145. The summed E-state index contributed by atoms with van der Waals surface area (Å²) in [6, 6.07) is 0. The average Bonchev–Trinajstić information content (AvgIpc) is 3.29. The van der Waals surface area contributed by atoms with Crippen LogP contribution in [0.3, 0.4) is 0 Å². The number of carboxylic acid groups (broad SMARTS) is 1. The number of oxime groups is 1. The Hall–Kier alpha value is -2.18. The summed E-state index contributed by atoms with van der Waals surface area (Å²) in [7, 11) is 0. The second kappa shape index (κ2) is 9.94. The Bertz CT molecular complexity index is 1180. The van der Waals surface area contributed by atoms with Gasteiger partial charge in [-0.15, -0.1) is 0 Å². The Kier molecular flexibility index (Phi) is 7.34. The number of rotatable bonds is 5. The first-order valence-electron chi connectivity index (χ1n) is 15.8. The molecule has 0 aromatic rings. The maximum atomic E-state index is 12.9. The van der Waals surface area contributed by atoms with Gasteiger partial charge in [0.25, 0.3) is 0 Å². The summed E-state index contributed by atoms with van der Waals surface area (Å²) >= 11 is 0. The first kappa shape index (κ1) is 30.3. The molecule has 5 aliphatic rings. The van der Waals surface area contributed by atoms with Gasteiger partial charge in [0.1, 0.15) is 6.61 Å². The van der Waals surface area contributed by atoms with Gasteiger partial charge in [-0.2, -0.15) is 0 Å². The second-order valence-corrected chi connectivity index (χ2v) is 15.5. The molecule has 0 radical (unpaired) electrons. The number of allylic oxidation sites excluding steroid dienone is 1. The summed E-state index contributed by atoms with van der Waals surface area (Å²) in [6.45, 7) is 19.1. The van der Waals surface area contributed by atoms with Gasteiger partial charge in [0, 0.05) is 19.3 Å². The van der Waals surface area contributed by atoms with E-state index < -0.39 is 22.8 Å². The Labute approximate surface area is 245 Å². The highest BCUT2D eigenvalue weighted by Crippen LogP contribution is 2.77. The lowest BCUT2D eigenvalue weighted by atomic mass is 9.32. The molecule has 5 fully saturated rings. The molecule has 7 heteroatoms. The standard InChI is InChI=1S/C34H51NO6/c1-20(2)23-11-16-34(29(38)39)18-17-32(7)24(28(23)34)9-10-26-30(5)14-13-27(35-41-22(4)37)31(6,19-40-21(3)36)25(30)12-15-33(26,32)8/h23-26,28H,1,9-19H2,2-8H3,(H,38,39)/t23-,24+,25+,26+,28+,30-,31+,32+,33+,34-/m0/s1. The molecule has 228 valence electrons. The van der Waals surface area contributed by atoms with Gasteiger partial charge >= 0.3 is 17.9 Å². The van der Waals surface area contributed by atoms with Gasteiger partial charge in [-0.05, 0) is 117 Å². The molecule has 0 unspecified atom stereocenters. The van der Waals surface area contributed by atoms with E-state index in [9.17, 15) is 19.5 Å². The third kappa shape index (κ3) is 4.17. The van der Waals surface area contributed by atoms with Crippen molar-refractivity contribution in [2.24, 2.45) is 61.8 Å². The number of carboxylic acids is 1. The van der Waals surface area contributed by atoms with Crippen molar-refractivity contribution in [3.05, 3.63) is 12.2 Å². The maximum absolute atomic E-state index is 12.9. The van der Waals surface area contributed by atoms with Crippen molar-refractivity contribution in [3.63, 3.8) is 0 Å². The van der Waals surface area contributed by atoms with Gasteiger partial charge in [-0.1, -0.05) is 45.0 Å². The van der Waals surface area contributed by atoms with E-state index in [-0.39, 0.29) is 46.6 Å². The van der Waals surface area contributed by atoms with E-state index in [0.717, 1.165) is 69.1 Å². The Balaban J connectivity index is 1.53. The van der Waals surface area contributed by atoms with Crippen molar-refractivity contribution in [1.82, 2.24) is 0 Å². The molecule has 5 saturated carbocycles. The van der Waals surface area contributed by atoms with Crippen LogP contribution in [0.15, 0.2) is 17.3 Å². The van der Waals surface area contributed by atoms with Crippen molar-refractivity contribution < 1.29 is 29.1 Å². The van der Waals surface area contributed by atoms with E-state index in [4.69, 9.17) is 9.57 Å². The maximum Gasteiger partial charge on any atom is 0.331 e. The largest absolute Gasteiger partial charge is 0.481 e. The average molecular weight is 570 g/mol. The van der Waals surface area contributed by atoms with Gasteiger partial charge in [-0.25, -0.2) is 4.79 Å². The van der Waals surface area contributed by atoms with Crippen LogP contribution in [0, 0.1) is 56.7 Å². The van der Waals surface area contributed by atoms with Crippen LogP contribution in [-0.4, -0.2) is 35.3 Å². The van der Waals surface area contributed by atoms with E-state index >= 15 is 0 Å². The normalized spacial score (nSPS) is 47.8. The molecule has 0 amide bonds. The van der Waals surface area contributed by atoms with Crippen LogP contribution >= 0.6 is 0 Å². The van der Waals surface area contributed by atoms with Crippen LogP contribution in [0.2, 0.25) is 0 Å². The SMILES string of the molecule is C=C(C)[C@@H]1CC[C@]2(C(=O)O)CC[C@]3(C)[C@H](CC[C@@H]4[C@@]5(C)CCC(=NOC(C)=O)[C@](C)(COC(C)=O)[C@@H]5CC[C@]43C)[C@@H]12. The third-order valence-corrected chi connectivity index (χ3v) is 13.9. The molecule has 0 spiro atoms.